The minimum absolute atomic E-state index is 0.0602. The maximum absolute atomic E-state index is 13.8. The third-order valence-corrected chi connectivity index (χ3v) is 5.83. The fraction of sp³-hybridized carbons (Fsp3) is 0.500. The number of nitrogens with zero attached hydrogens (tertiary/aromatic N) is 1. The Morgan fingerprint density at radius 2 is 2.21 bits per heavy atom. The Labute approximate surface area is 121 Å². The SMILES string of the molecule is CC(N)C1CCN(S(=O)(=O)c2ccc(Br)cc2F)C1. The zero-order valence-corrected chi connectivity index (χ0v) is 12.9. The first-order valence-corrected chi connectivity index (χ1v) is 8.26. The molecule has 1 heterocycles. The van der Waals surface area contributed by atoms with Crippen molar-refractivity contribution in [3.8, 4) is 0 Å². The van der Waals surface area contributed by atoms with Crippen LogP contribution < -0.4 is 5.73 Å². The molecule has 1 fully saturated rings. The highest BCUT2D eigenvalue weighted by Crippen LogP contribution is 2.28. The summed E-state index contributed by atoms with van der Waals surface area (Å²) >= 11 is 3.11. The summed E-state index contributed by atoms with van der Waals surface area (Å²) in [5, 5.41) is 0. The van der Waals surface area contributed by atoms with Crippen molar-refractivity contribution in [2.24, 2.45) is 11.7 Å². The Balaban J connectivity index is 2.29. The smallest absolute Gasteiger partial charge is 0.245 e. The molecule has 1 aliphatic rings. The summed E-state index contributed by atoms with van der Waals surface area (Å²) in [7, 11) is -3.77. The van der Waals surface area contributed by atoms with Crippen molar-refractivity contribution < 1.29 is 12.8 Å². The summed E-state index contributed by atoms with van der Waals surface area (Å²) in [5.41, 5.74) is 5.79. The molecule has 106 valence electrons. The van der Waals surface area contributed by atoms with Crippen LogP contribution in [0.1, 0.15) is 13.3 Å². The Morgan fingerprint density at radius 3 is 2.74 bits per heavy atom. The second kappa shape index (κ2) is 5.47. The van der Waals surface area contributed by atoms with Crippen LogP contribution in [0.3, 0.4) is 0 Å². The molecule has 1 saturated heterocycles. The van der Waals surface area contributed by atoms with Gasteiger partial charge >= 0.3 is 0 Å². The van der Waals surface area contributed by atoms with Crippen LogP contribution in [0.15, 0.2) is 27.6 Å². The summed E-state index contributed by atoms with van der Waals surface area (Å²) in [4.78, 5) is -0.277. The lowest BCUT2D eigenvalue weighted by molar-refractivity contribution is 0.426. The van der Waals surface area contributed by atoms with Crippen LogP contribution in [0.4, 0.5) is 4.39 Å². The zero-order valence-electron chi connectivity index (χ0n) is 10.5. The largest absolute Gasteiger partial charge is 0.328 e. The molecule has 1 aromatic rings. The summed E-state index contributed by atoms with van der Waals surface area (Å²) in [6, 6.07) is 3.91. The zero-order chi connectivity index (χ0) is 14.2. The number of sulfonamides is 1. The second-order valence-electron chi connectivity index (χ2n) is 4.85. The molecule has 0 radical (unpaired) electrons. The van der Waals surface area contributed by atoms with Crippen molar-refractivity contribution in [2.75, 3.05) is 13.1 Å². The number of hydrogen-bond donors (Lipinski definition) is 1. The average molecular weight is 351 g/mol. The lowest BCUT2D eigenvalue weighted by Crippen LogP contribution is -2.33. The maximum Gasteiger partial charge on any atom is 0.245 e. The van der Waals surface area contributed by atoms with Gasteiger partial charge in [-0.15, -0.1) is 0 Å². The van der Waals surface area contributed by atoms with E-state index in [1.165, 1.54) is 16.4 Å². The van der Waals surface area contributed by atoms with Crippen molar-refractivity contribution in [1.82, 2.24) is 4.31 Å². The van der Waals surface area contributed by atoms with Crippen molar-refractivity contribution in [1.29, 1.82) is 0 Å². The molecule has 19 heavy (non-hydrogen) atoms. The number of rotatable bonds is 3. The highest BCUT2D eigenvalue weighted by molar-refractivity contribution is 9.10. The van der Waals surface area contributed by atoms with Crippen LogP contribution in [-0.4, -0.2) is 31.9 Å². The second-order valence-corrected chi connectivity index (χ2v) is 7.67. The van der Waals surface area contributed by atoms with Gasteiger partial charge in [0.05, 0.1) is 0 Å². The van der Waals surface area contributed by atoms with E-state index in [0.29, 0.717) is 17.6 Å². The Hall–Kier alpha value is -0.500. The molecule has 0 aromatic heterocycles. The van der Waals surface area contributed by atoms with Crippen LogP contribution in [0, 0.1) is 11.7 Å². The maximum atomic E-state index is 13.8. The summed E-state index contributed by atoms with van der Waals surface area (Å²) in [6.45, 7) is 2.61. The van der Waals surface area contributed by atoms with E-state index in [1.54, 1.807) is 0 Å². The van der Waals surface area contributed by atoms with Gasteiger partial charge in [-0.2, -0.15) is 4.31 Å². The molecule has 7 heteroatoms. The molecule has 0 spiro atoms. The number of benzene rings is 1. The number of nitrogens with two attached hydrogens (primary N) is 1. The van der Waals surface area contributed by atoms with Crippen LogP contribution >= 0.6 is 15.9 Å². The van der Waals surface area contributed by atoms with E-state index >= 15 is 0 Å². The van der Waals surface area contributed by atoms with Crippen molar-refractivity contribution in [2.45, 2.75) is 24.3 Å². The Morgan fingerprint density at radius 1 is 1.53 bits per heavy atom. The van der Waals surface area contributed by atoms with Gasteiger partial charge in [0, 0.05) is 23.6 Å². The van der Waals surface area contributed by atoms with Crippen LogP contribution in [0.5, 0.6) is 0 Å². The molecule has 0 bridgehead atoms. The highest BCUT2D eigenvalue weighted by atomic mass is 79.9. The van der Waals surface area contributed by atoms with Gasteiger partial charge in [-0.1, -0.05) is 15.9 Å². The topological polar surface area (TPSA) is 63.4 Å². The van der Waals surface area contributed by atoms with Gasteiger partial charge in [0.2, 0.25) is 10.0 Å². The molecular weight excluding hydrogens is 335 g/mol. The first kappa shape index (κ1) is 14.9. The quantitative estimate of drug-likeness (QED) is 0.905. The Kier molecular flexibility index (Phi) is 4.29. The monoisotopic (exact) mass is 350 g/mol. The fourth-order valence-corrected chi connectivity index (χ4v) is 4.12. The first-order chi connectivity index (χ1) is 8.82. The number of hydrogen-bond acceptors (Lipinski definition) is 3. The predicted octanol–water partition coefficient (Wildman–Crippen LogP) is 1.95. The van der Waals surface area contributed by atoms with E-state index in [-0.39, 0.29) is 16.9 Å². The normalized spacial score (nSPS) is 22.6. The summed E-state index contributed by atoms with van der Waals surface area (Å²) < 4.78 is 40.3. The van der Waals surface area contributed by atoms with Crippen LogP contribution in [0.2, 0.25) is 0 Å². The molecule has 0 saturated carbocycles. The lowest BCUT2D eigenvalue weighted by atomic mass is 10.0. The van der Waals surface area contributed by atoms with Gasteiger partial charge in [-0.3, -0.25) is 0 Å². The molecule has 2 atom stereocenters. The number of halogens is 2. The summed E-state index contributed by atoms with van der Waals surface area (Å²) in [6.07, 6.45) is 0.717. The third-order valence-electron chi connectivity index (χ3n) is 3.44. The van der Waals surface area contributed by atoms with Gasteiger partial charge in [0.1, 0.15) is 10.7 Å². The molecule has 1 aliphatic heterocycles. The standard InChI is InChI=1S/C12H16BrFN2O2S/c1-8(15)9-4-5-16(7-9)19(17,18)12-3-2-10(13)6-11(12)14/h2-3,6,8-9H,4-5,7,15H2,1H3. The minimum atomic E-state index is -3.77. The lowest BCUT2D eigenvalue weighted by Gasteiger charge is -2.18. The molecule has 1 aromatic carbocycles. The fourth-order valence-electron chi connectivity index (χ4n) is 2.22. The molecule has 0 aliphatic carbocycles. The van der Waals surface area contributed by atoms with Crippen molar-refractivity contribution >= 4 is 26.0 Å². The molecular formula is C12H16BrFN2O2S. The first-order valence-electron chi connectivity index (χ1n) is 6.03. The predicted molar refractivity (Wildman–Crippen MR) is 74.6 cm³/mol. The van der Waals surface area contributed by atoms with E-state index in [2.05, 4.69) is 15.9 Å². The van der Waals surface area contributed by atoms with E-state index in [9.17, 15) is 12.8 Å². The van der Waals surface area contributed by atoms with E-state index in [1.807, 2.05) is 6.92 Å². The van der Waals surface area contributed by atoms with Gasteiger partial charge in [0.25, 0.3) is 0 Å². The highest BCUT2D eigenvalue weighted by Gasteiger charge is 2.35. The van der Waals surface area contributed by atoms with Gasteiger partial charge in [-0.05, 0) is 37.5 Å². The van der Waals surface area contributed by atoms with E-state index in [0.717, 1.165) is 12.5 Å². The van der Waals surface area contributed by atoms with Gasteiger partial charge in [0.15, 0.2) is 0 Å². The Bertz CT molecular complexity index is 577. The minimum Gasteiger partial charge on any atom is -0.328 e. The van der Waals surface area contributed by atoms with Crippen LogP contribution in [0.25, 0.3) is 0 Å². The molecule has 2 N–H and O–H groups in total. The van der Waals surface area contributed by atoms with Crippen molar-refractivity contribution in [3.05, 3.63) is 28.5 Å². The third kappa shape index (κ3) is 2.99. The molecule has 2 unspecified atom stereocenters. The summed E-state index contributed by atoms with van der Waals surface area (Å²) in [5.74, 6) is -0.605. The van der Waals surface area contributed by atoms with Crippen molar-refractivity contribution in [3.63, 3.8) is 0 Å². The molecule has 4 nitrogen and oxygen atoms in total. The van der Waals surface area contributed by atoms with E-state index in [4.69, 9.17) is 5.73 Å². The van der Waals surface area contributed by atoms with E-state index < -0.39 is 15.8 Å². The van der Waals surface area contributed by atoms with Crippen LogP contribution in [-0.2, 0) is 10.0 Å². The average Bonchev–Trinajstić information content (AvgIpc) is 2.78. The molecule has 0 amide bonds. The van der Waals surface area contributed by atoms with Gasteiger partial charge in [-0.25, -0.2) is 12.8 Å². The van der Waals surface area contributed by atoms with Gasteiger partial charge < -0.3 is 5.73 Å². The molecule has 2 rings (SSSR count).